The fourth-order valence-corrected chi connectivity index (χ4v) is 1.81. The van der Waals surface area contributed by atoms with Crippen molar-refractivity contribution in [2.24, 2.45) is 5.92 Å². The Labute approximate surface area is 66.2 Å². The van der Waals surface area contributed by atoms with Crippen LogP contribution in [0.4, 0.5) is 0 Å². The van der Waals surface area contributed by atoms with E-state index in [2.05, 4.69) is 12.2 Å². The fraction of sp³-hybridized carbons (Fsp3) is 0.667. The number of carbonyl (C=O) groups excluding carboxylic acids is 1. The first-order chi connectivity index (χ1) is 5.36. The van der Waals surface area contributed by atoms with E-state index >= 15 is 0 Å². The van der Waals surface area contributed by atoms with Crippen molar-refractivity contribution in [2.45, 2.75) is 31.8 Å². The van der Waals surface area contributed by atoms with E-state index in [0.717, 1.165) is 19.3 Å². The molecule has 60 valence electrons. The van der Waals surface area contributed by atoms with E-state index < -0.39 is 0 Å². The predicted octanol–water partition coefficient (Wildman–Crippen LogP) is 1.66. The van der Waals surface area contributed by atoms with Crippen LogP contribution in [0.5, 0.6) is 0 Å². The molecule has 0 aromatic carbocycles. The average molecular weight is 152 g/mol. The van der Waals surface area contributed by atoms with Gasteiger partial charge in [-0.15, -0.1) is 0 Å². The summed E-state index contributed by atoms with van der Waals surface area (Å²) >= 11 is 0. The molecule has 0 radical (unpaired) electrons. The Morgan fingerprint density at radius 2 is 2.36 bits per heavy atom. The Morgan fingerprint density at radius 1 is 1.45 bits per heavy atom. The molecule has 0 amide bonds. The first-order valence-corrected chi connectivity index (χ1v) is 4.22. The Morgan fingerprint density at radius 3 is 3.27 bits per heavy atom. The van der Waals surface area contributed by atoms with Crippen LogP contribution in [-0.2, 0) is 9.53 Å². The van der Waals surface area contributed by atoms with Gasteiger partial charge in [0, 0.05) is 12.3 Å². The average Bonchev–Trinajstić information content (AvgIpc) is 2.04. The number of allylic oxidation sites excluding steroid dienone is 1. The smallest absolute Gasteiger partial charge is 0.306 e. The van der Waals surface area contributed by atoms with E-state index in [-0.39, 0.29) is 12.1 Å². The van der Waals surface area contributed by atoms with Crippen LogP contribution in [0.15, 0.2) is 12.2 Å². The summed E-state index contributed by atoms with van der Waals surface area (Å²) in [6.45, 7) is 0. The predicted molar refractivity (Wildman–Crippen MR) is 41.0 cm³/mol. The zero-order valence-corrected chi connectivity index (χ0v) is 6.45. The van der Waals surface area contributed by atoms with Crippen LogP contribution in [0.2, 0.25) is 0 Å². The lowest BCUT2D eigenvalue weighted by Gasteiger charge is -2.31. The van der Waals surface area contributed by atoms with Gasteiger partial charge >= 0.3 is 5.97 Å². The zero-order valence-electron chi connectivity index (χ0n) is 6.45. The highest BCUT2D eigenvalue weighted by molar-refractivity contribution is 5.70. The van der Waals surface area contributed by atoms with Crippen LogP contribution in [0.25, 0.3) is 0 Å². The van der Waals surface area contributed by atoms with Crippen molar-refractivity contribution in [1.29, 1.82) is 0 Å². The van der Waals surface area contributed by atoms with E-state index in [1.807, 2.05) is 0 Å². The van der Waals surface area contributed by atoms with Gasteiger partial charge in [-0.2, -0.15) is 0 Å². The van der Waals surface area contributed by atoms with Gasteiger partial charge in [0.2, 0.25) is 0 Å². The van der Waals surface area contributed by atoms with Crippen molar-refractivity contribution < 1.29 is 9.53 Å². The number of hydrogen-bond acceptors (Lipinski definition) is 2. The second kappa shape index (κ2) is 2.68. The largest absolute Gasteiger partial charge is 0.462 e. The highest BCUT2D eigenvalue weighted by Crippen LogP contribution is 2.29. The summed E-state index contributed by atoms with van der Waals surface area (Å²) in [6.07, 6.45) is 8.26. The molecule has 1 saturated heterocycles. The molecular formula is C9H12O2. The van der Waals surface area contributed by atoms with E-state index in [0.29, 0.717) is 12.3 Å². The molecule has 1 aliphatic carbocycles. The number of fused-ring (bicyclic) bond motifs is 1. The lowest BCUT2D eigenvalue weighted by Crippen LogP contribution is -2.32. The Kier molecular flexibility index (Phi) is 1.68. The number of rotatable bonds is 0. The van der Waals surface area contributed by atoms with Gasteiger partial charge in [-0.1, -0.05) is 12.2 Å². The van der Waals surface area contributed by atoms with Crippen molar-refractivity contribution >= 4 is 5.97 Å². The maximum absolute atomic E-state index is 10.9. The number of hydrogen-bond donors (Lipinski definition) is 0. The standard InChI is InChI=1S/C9H12O2/c10-9-6-5-7-3-1-2-4-8(7)11-9/h1,3,7-8H,2,4-6H2/t7-,8+/m1/s1. The molecule has 0 aromatic heterocycles. The number of carbonyl (C=O) groups is 1. The Bertz CT molecular complexity index is 196. The second-order valence-electron chi connectivity index (χ2n) is 3.24. The van der Waals surface area contributed by atoms with Gasteiger partial charge in [-0.3, -0.25) is 4.79 Å². The van der Waals surface area contributed by atoms with Crippen molar-refractivity contribution in [2.75, 3.05) is 0 Å². The zero-order chi connectivity index (χ0) is 7.68. The Balaban J connectivity index is 2.07. The first kappa shape index (κ1) is 6.89. The molecule has 0 aromatic rings. The van der Waals surface area contributed by atoms with E-state index in [9.17, 15) is 4.79 Å². The molecule has 2 aliphatic rings. The van der Waals surface area contributed by atoms with Crippen LogP contribution in [0.1, 0.15) is 25.7 Å². The number of esters is 1. The molecule has 1 fully saturated rings. The fourth-order valence-electron chi connectivity index (χ4n) is 1.81. The third kappa shape index (κ3) is 1.30. The summed E-state index contributed by atoms with van der Waals surface area (Å²) < 4.78 is 5.20. The van der Waals surface area contributed by atoms with Crippen LogP contribution >= 0.6 is 0 Å². The normalized spacial score (nSPS) is 36.2. The molecule has 2 heteroatoms. The summed E-state index contributed by atoms with van der Waals surface area (Å²) in [7, 11) is 0. The summed E-state index contributed by atoms with van der Waals surface area (Å²) in [4.78, 5) is 10.9. The van der Waals surface area contributed by atoms with Gasteiger partial charge in [-0.25, -0.2) is 0 Å². The summed E-state index contributed by atoms with van der Waals surface area (Å²) in [5.74, 6) is 0.503. The molecule has 2 atom stereocenters. The molecule has 0 N–H and O–H groups in total. The SMILES string of the molecule is O=C1CC[C@H]2C=CCC[C@@H]2O1. The minimum Gasteiger partial charge on any atom is -0.462 e. The van der Waals surface area contributed by atoms with Crippen LogP contribution in [-0.4, -0.2) is 12.1 Å². The molecule has 0 bridgehead atoms. The van der Waals surface area contributed by atoms with Crippen molar-refractivity contribution in [3.05, 3.63) is 12.2 Å². The lowest BCUT2D eigenvalue weighted by molar-refractivity contribution is -0.157. The topological polar surface area (TPSA) is 26.3 Å². The molecule has 11 heavy (non-hydrogen) atoms. The third-order valence-electron chi connectivity index (χ3n) is 2.44. The van der Waals surface area contributed by atoms with E-state index in [1.54, 1.807) is 0 Å². The van der Waals surface area contributed by atoms with Crippen LogP contribution in [0.3, 0.4) is 0 Å². The number of ether oxygens (including phenoxy) is 1. The highest BCUT2D eigenvalue weighted by Gasteiger charge is 2.29. The van der Waals surface area contributed by atoms with Crippen molar-refractivity contribution in [3.8, 4) is 0 Å². The minimum absolute atomic E-state index is 0.0125. The van der Waals surface area contributed by atoms with Gasteiger partial charge in [0.15, 0.2) is 0 Å². The van der Waals surface area contributed by atoms with Gasteiger partial charge < -0.3 is 4.74 Å². The van der Waals surface area contributed by atoms with Gasteiger partial charge in [-0.05, 0) is 19.3 Å². The quantitative estimate of drug-likeness (QED) is 0.390. The monoisotopic (exact) mass is 152 g/mol. The molecule has 2 rings (SSSR count). The van der Waals surface area contributed by atoms with Gasteiger partial charge in [0.05, 0.1) is 0 Å². The molecular weight excluding hydrogens is 140 g/mol. The van der Waals surface area contributed by atoms with Crippen molar-refractivity contribution in [1.82, 2.24) is 0 Å². The highest BCUT2D eigenvalue weighted by atomic mass is 16.5. The molecule has 0 saturated carbocycles. The summed E-state index contributed by atoms with van der Waals surface area (Å²) in [5, 5.41) is 0. The van der Waals surface area contributed by atoms with E-state index in [1.165, 1.54) is 0 Å². The third-order valence-corrected chi connectivity index (χ3v) is 2.44. The van der Waals surface area contributed by atoms with Crippen LogP contribution < -0.4 is 0 Å². The Hall–Kier alpha value is -0.790. The maximum atomic E-state index is 10.9. The first-order valence-electron chi connectivity index (χ1n) is 4.22. The maximum Gasteiger partial charge on any atom is 0.306 e. The van der Waals surface area contributed by atoms with Gasteiger partial charge in [0.1, 0.15) is 6.10 Å². The second-order valence-corrected chi connectivity index (χ2v) is 3.24. The molecule has 1 aliphatic heterocycles. The molecule has 0 spiro atoms. The van der Waals surface area contributed by atoms with Crippen molar-refractivity contribution in [3.63, 3.8) is 0 Å². The van der Waals surface area contributed by atoms with E-state index in [4.69, 9.17) is 4.74 Å². The molecule has 1 heterocycles. The van der Waals surface area contributed by atoms with Crippen LogP contribution in [0, 0.1) is 5.92 Å². The minimum atomic E-state index is -0.0125. The summed E-state index contributed by atoms with van der Waals surface area (Å²) in [6, 6.07) is 0. The molecule has 2 nitrogen and oxygen atoms in total. The lowest BCUT2D eigenvalue weighted by atomic mass is 9.87. The summed E-state index contributed by atoms with van der Waals surface area (Å²) in [5.41, 5.74) is 0. The van der Waals surface area contributed by atoms with Gasteiger partial charge in [0.25, 0.3) is 0 Å². The molecule has 0 unspecified atom stereocenters.